The third-order valence-corrected chi connectivity index (χ3v) is 3.64. The van der Waals surface area contributed by atoms with Gasteiger partial charge in [0.15, 0.2) is 6.61 Å². The molecule has 7 heteroatoms. The molecule has 1 amide bonds. The molecule has 0 atom stereocenters. The van der Waals surface area contributed by atoms with E-state index in [1.54, 1.807) is 24.3 Å². The Bertz CT molecular complexity index is 705. The Kier molecular flexibility index (Phi) is 5.97. The lowest BCUT2D eigenvalue weighted by Crippen LogP contribution is -2.24. The van der Waals surface area contributed by atoms with Crippen LogP contribution < -0.4 is 10.2 Å². The summed E-state index contributed by atoms with van der Waals surface area (Å²) in [5.41, 5.74) is 3.03. The van der Waals surface area contributed by atoms with Crippen molar-refractivity contribution in [1.29, 1.82) is 0 Å². The summed E-state index contributed by atoms with van der Waals surface area (Å²) < 4.78 is 7.04. The Morgan fingerprint density at radius 1 is 1.27 bits per heavy atom. The van der Waals surface area contributed by atoms with Gasteiger partial charge in [-0.3, -0.25) is 4.79 Å². The number of ether oxygens (including phenoxy) is 1. The van der Waals surface area contributed by atoms with Crippen molar-refractivity contribution in [3.8, 4) is 11.5 Å². The molecule has 114 valence electrons. The van der Waals surface area contributed by atoms with Gasteiger partial charge in [0, 0.05) is 4.47 Å². The Morgan fingerprint density at radius 3 is 2.82 bits per heavy atom. The highest BCUT2D eigenvalue weighted by Gasteiger charge is 2.05. The highest BCUT2D eigenvalue weighted by molar-refractivity contribution is 9.11. The van der Waals surface area contributed by atoms with Crippen LogP contribution in [0.4, 0.5) is 0 Å². The van der Waals surface area contributed by atoms with Crippen LogP contribution in [0.5, 0.6) is 11.5 Å². The SMILES string of the molecule is O=C(COc1ccc(Br)cc1Br)NN=Cc1cccc(O)c1. The standard InChI is InChI=1S/C15H12Br2N2O3/c16-11-4-5-14(13(17)7-11)22-9-15(21)19-18-8-10-2-1-3-12(20)6-10/h1-8,20H,9H2,(H,19,21). The number of nitrogens with zero attached hydrogens (tertiary/aromatic N) is 1. The highest BCUT2D eigenvalue weighted by atomic mass is 79.9. The average molecular weight is 428 g/mol. The summed E-state index contributed by atoms with van der Waals surface area (Å²) in [6.45, 7) is -0.155. The maximum Gasteiger partial charge on any atom is 0.277 e. The van der Waals surface area contributed by atoms with Gasteiger partial charge in [0.05, 0.1) is 10.7 Å². The van der Waals surface area contributed by atoms with Gasteiger partial charge in [0.1, 0.15) is 11.5 Å². The smallest absolute Gasteiger partial charge is 0.277 e. The second-order valence-corrected chi connectivity index (χ2v) is 6.02. The second-order valence-electron chi connectivity index (χ2n) is 4.25. The van der Waals surface area contributed by atoms with Crippen LogP contribution in [0, 0.1) is 0 Å². The highest BCUT2D eigenvalue weighted by Crippen LogP contribution is 2.28. The van der Waals surface area contributed by atoms with Crippen molar-refractivity contribution >= 4 is 44.0 Å². The van der Waals surface area contributed by atoms with Crippen molar-refractivity contribution in [3.05, 3.63) is 57.0 Å². The molecule has 0 saturated carbocycles. The summed E-state index contributed by atoms with van der Waals surface area (Å²) in [6, 6.07) is 11.9. The van der Waals surface area contributed by atoms with E-state index in [9.17, 15) is 9.90 Å². The number of hydrazone groups is 1. The first kappa shape index (κ1) is 16.5. The fourth-order valence-electron chi connectivity index (χ4n) is 1.55. The Balaban J connectivity index is 1.83. The predicted octanol–water partition coefficient (Wildman–Crippen LogP) is 3.45. The van der Waals surface area contributed by atoms with Gasteiger partial charge in [-0.05, 0) is 51.8 Å². The maximum atomic E-state index is 11.6. The molecule has 0 saturated heterocycles. The van der Waals surface area contributed by atoms with Crippen LogP contribution in [-0.2, 0) is 4.79 Å². The number of carbonyl (C=O) groups is 1. The van der Waals surface area contributed by atoms with Crippen LogP contribution in [-0.4, -0.2) is 23.8 Å². The quantitative estimate of drug-likeness (QED) is 0.567. The van der Waals surface area contributed by atoms with Crippen LogP contribution in [0.2, 0.25) is 0 Å². The van der Waals surface area contributed by atoms with Gasteiger partial charge in [0.25, 0.3) is 5.91 Å². The fraction of sp³-hybridized carbons (Fsp3) is 0.0667. The third kappa shape index (κ3) is 5.16. The van der Waals surface area contributed by atoms with E-state index in [1.807, 2.05) is 12.1 Å². The van der Waals surface area contributed by atoms with Crippen molar-refractivity contribution < 1.29 is 14.6 Å². The lowest BCUT2D eigenvalue weighted by Gasteiger charge is -2.07. The molecule has 0 bridgehead atoms. The zero-order valence-electron chi connectivity index (χ0n) is 11.3. The van der Waals surface area contributed by atoms with Gasteiger partial charge >= 0.3 is 0 Å². The molecule has 0 fully saturated rings. The number of carbonyl (C=O) groups excluding carboxylic acids is 1. The van der Waals surface area contributed by atoms with Gasteiger partial charge in [-0.15, -0.1) is 0 Å². The number of phenolic OH excluding ortho intramolecular Hbond substituents is 1. The molecule has 2 N–H and O–H groups in total. The van der Waals surface area contributed by atoms with Crippen LogP contribution in [0.15, 0.2) is 56.5 Å². The molecule has 0 aliphatic heterocycles. The largest absolute Gasteiger partial charge is 0.508 e. The number of hydrogen-bond acceptors (Lipinski definition) is 4. The number of aromatic hydroxyl groups is 1. The normalized spacial score (nSPS) is 10.6. The summed E-state index contributed by atoms with van der Waals surface area (Å²) in [7, 11) is 0. The zero-order chi connectivity index (χ0) is 15.9. The van der Waals surface area contributed by atoms with Gasteiger partial charge in [-0.2, -0.15) is 5.10 Å². The lowest BCUT2D eigenvalue weighted by atomic mass is 10.2. The van der Waals surface area contributed by atoms with Crippen molar-refractivity contribution in [3.63, 3.8) is 0 Å². The number of amides is 1. The number of halogens is 2. The van der Waals surface area contributed by atoms with Gasteiger partial charge < -0.3 is 9.84 Å². The molecule has 0 aliphatic rings. The number of phenols is 1. The molecule has 0 heterocycles. The van der Waals surface area contributed by atoms with E-state index in [-0.39, 0.29) is 18.3 Å². The minimum Gasteiger partial charge on any atom is -0.508 e. The second kappa shape index (κ2) is 7.95. The molecule has 0 aliphatic carbocycles. The third-order valence-electron chi connectivity index (χ3n) is 2.53. The first-order valence-corrected chi connectivity index (χ1v) is 7.82. The van der Waals surface area contributed by atoms with E-state index >= 15 is 0 Å². The summed E-state index contributed by atoms with van der Waals surface area (Å²) >= 11 is 6.68. The van der Waals surface area contributed by atoms with Gasteiger partial charge in [0.2, 0.25) is 0 Å². The van der Waals surface area contributed by atoms with Crippen molar-refractivity contribution in [1.82, 2.24) is 5.43 Å². The lowest BCUT2D eigenvalue weighted by molar-refractivity contribution is -0.123. The van der Waals surface area contributed by atoms with Gasteiger partial charge in [-0.25, -0.2) is 5.43 Å². The Morgan fingerprint density at radius 2 is 2.09 bits per heavy atom. The predicted molar refractivity (Wildman–Crippen MR) is 91.2 cm³/mol. The Hall–Kier alpha value is -1.86. The number of benzene rings is 2. The van der Waals surface area contributed by atoms with E-state index in [0.717, 1.165) is 8.95 Å². The van der Waals surface area contributed by atoms with E-state index in [4.69, 9.17) is 4.74 Å². The molecule has 2 aromatic carbocycles. The number of hydrogen-bond donors (Lipinski definition) is 2. The zero-order valence-corrected chi connectivity index (χ0v) is 14.5. The van der Waals surface area contributed by atoms with Crippen LogP contribution in [0.1, 0.15) is 5.56 Å². The van der Waals surface area contributed by atoms with E-state index in [2.05, 4.69) is 42.4 Å². The first-order chi connectivity index (χ1) is 10.5. The van der Waals surface area contributed by atoms with Crippen molar-refractivity contribution in [2.75, 3.05) is 6.61 Å². The molecule has 0 unspecified atom stereocenters. The Labute approximate surface area is 144 Å². The van der Waals surface area contributed by atoms with Gasteiger partial charge in [-0.1, -0.05) is 28.1 Å². The molecule has 0 spiro atoms. The fourth-order valence-corrected chi connectivity index (χ4v) is 2.71. The first-order valence-electron chi connectivity index (χ1n) is 6.23. The minimum atomic E-state index is -0.383. The molecule has 22 heavy (non-hydrogen) atoms. The molecular weight excluding hydrogens is 416 g/mol. The molecule has 5 nitrogen and oxygen atoms in total. The van der Waals surface area contributed by atoms with Crippen LogP contribution in [0.25, 0.3) is 0 Å². The topological polar surface area (TPSA) is 70.9 Å². The summed E-state index contributed by atoms with van der Waals surface area (Å²) in [5, 5.41) is 13.1. The summed E-state index contributed by atoms with van der Waals surface area (Å²) in [4.78, 5) is 11.6. The van der Waals surface area contributed by atoms with Crippen molar-refractivity contribution in [2.45, 2.75) is 0 Å². The number of rotatable bonds is 5. The molecule has 0 aromatic heterocycles. The van der Waals surface area contributed by atoms with E-state index in [1.165, 1.54) is 12.3 Å². The van der Waals surface area contributed by atoms with E-state index in [0.29, 0.717) is 11.3 Å². The molecule has 0 radical (unpaired) electrons. The van der Waals surface area contributed by atoms with Crippen LogP contribution >= 0.6 is 31.9 Å². The number of nitrogens with one attached hydrogen (secondary N) is 1. The van der Waals surface area contributed by atoms with Crippen LogP contribution in [0.3, 0.4) is 0 Å². The molecule has 2 rings (SSSR count). The summed E-state index contributed by atoms with van der Waals surface area (Å²) in [6.07, 6.45) is 1.44. The molecular formula is C15H12Br2N2O3. The monoisotopic (exact) mass is 426 g/mol. The maximum absolute atomic E-state index is 11.6. The minimum absolute atomic E-state index is 0.138. The average Bonchev–Trinajstić information content (AvgIpc) is 2.46. The van der Waals surface area contributed by atoms with Crippen molar-refractivity contribution in [2.24, 2.45) is 5.10 Å². The summed E-state index contributed by atoms with van der Waals surface area (Å²) in [5.74, 6) is 0.320. The van der Waals surface area contributed by atoms with E-state index < -0.39 is 0 Å². The molecule has 2 aromatic rings.